The van der Waals surface area contributed by atoms with E-state index in [2.05, 4.69) is 21.5 Å². The third kappa shape index (κ3) is 4.48. The molecule has 0 radical (unpaired) electrons. The highest BCUT2D eigenvalue weighted by Crippen LogP contribution is 2.28. The molecule has 1 aromatic carbocycles. The molecule has 26 heavy (non-hydrogen) atoms. The monoisotopic (exact) mass is 381 g/mol. The van der Waals surface area contributed by atoms with Crippen LogP contribution in [0.5, 0.6) is 5.75 Å². The molecule has 136 valence electrons. The van der Waals surface area contributed by atoms with Crippen LogP contribution >= 0.6 is 11.8 Å². The van der Waals surface area contributed by atoms with Crippen LogP contribution in [-0.2, 0) is 12.3 Å². The van der Waals surface area contributed by atoms with Crippen LogP contribution in [0.1, 0.15) is 5.56 Å². The number of nitrogens with zero attached hydrogens (tertiary/aromatic N) is 3. The number of allylic oxidation sites excluding steroid dienone is 1. The number of aromatic nitrogens is 3. The largest absolute Gasteiger partial charge is 0.573 e. The van der Waals surface area contributed by atoms with E-state index in [0.717, 1.165) is 5.56 Å². The van der Waals surface area contributed by atoms with Crippen LogP contribution in [0.4, 0.5) is 13.2 Å². The summed E-state index contributed by atoms with van der Waals surface area (Å²) >= 11 is 1.41. The highest BCUT2D eigenvalue weighted by Gasteiger charge is 2.30. The quantitative estimate of drug-likeness (QED) is 0.430. The number of hydrogen-bond acceptors (Lipinski definition) is 5. The number of benzene rings is 1. The highest BCUT2D eigenvalue weighted by atomic mass is 32.2. The van der Waals surface area contributed by atoms with E-state index in [9.17, 15) is 13.2 Å². The van der Waals surface area contributed by atoms with Crippen molar-refractivity contribution in [1.29, 1.82) is 0 Å². The summed E-state index contributed by atoms with van der Waals surface area (Å²) in [5, 5.41) is 8.98. The summed E-state index contributed by atoms with van der Waals surface area (Å²) in [6.45, 7) is 4.24. The van der Waals surface area contributed by atoms with Crippen LogP contribution in [0.15, 0.2) is 64.9 Å². The normalized spacial score (nSPS) is 11.5. The summed E-state index contributed by atoms with van der Waals surface area (Å²) in [4.78, 5) is 0. The molecule has 9 heteroatoms. The smallest absolute Gasteiger partial charge is 0.461 e. The number of hydrogen-bond donors (Lipinski definition) is 0. The molecular weight excluding hydrogens is 367 g/mol. The third-order valence-corrected chi connectivity index (χ3v) is 4.33. The average Bonchev–Trinajstić information content (AvgIpc) is 3.23. The van der Waals surface area contributed by atoms with Crippen LogP contribution in [0.2, 0.25) is 0 Å². The number of furan rings is 1. The van der Waals surface area contributed by atoms with Crippen molar-refractivity contribution in [3.8, 4) is 17.3 Å². The van der Waals surface area contributed by atoms with Crippen molar-refractivity contribution < 1.29 is 22.3 Å². The third-order valence-electron chi connectivity index (χ3n) is 3.29. The van der Waals surface area contributed by atoms with Gasteiger partial charge in [0.2, 0.25) is 5.82 Å². The molecule has 2 aromatic heterocycles. The van der Waals surface area contributed by atoms with Crippen LogP contribution in [0.3, 0.4) is 0 Å². The fourth-order valence-corrected chi connectivity index (χ4v) is 3.12. The second kappa shape index (κ2) is 7.69. The van der Waals surface area contributed by atoms with Gasteiger partial charge < -0.3 is 9.15 Å². The molecule has 0 fully saturated rings. The number of rotatable bonds is 7. The average molecular weight is 381 g/mol. The zero-order valence-corrected chi connectivity index (χ0v) is 14.3. The van der Waals surface area contributed by atoms with Crippen molar-refractivity contribution >= 4 is 11.8 Å². The first-order valence-corrected chi connectivity index (χ1v) is 8.50. The Morgan fingerprint density at radius 3 is 2.58 bits per heavy atom. The van der Waals surface area contributed by atoms with E-state index in [1.807, 2.05) is 4.57 Å². The fourth-order valence-electron chi connectivity index (χ4n) is 2.21. The number of halogens is 3. The van der Waals surface area contributed by atoms with Gasteiger partial charge in [0.05, 0.1) is 6.26 Å². The minimum absolute atomic E-state index is 0.249. The van der Waals surface area contributed by atoms with Gasteiger partial charge in [0.25, 0.3) is 0 Å². The lowest BCUT2D eigenvalue weighted by Crippen LogP contribution is -2.16. The van der Waals surface area contributed by atoms with E-state index in [4.69, 9.17) is 4.42 Å². The Morgan fingerprint density at radius 1 is 1.19 bits per heavy atom. The van der Waals surface area contributed by atoms with Gasteiger partial charge in [-0.15, -0.1) is 29.9 Å². The van der Waals surface area contributed by atoms with E-state index < -0.39 is 6.36 Å². The summed E-state index contributed by atoms with van der Waals surface area (Å²) in [7, 11) is 0. The summed E-state index contributed by atoms with van der Waals surface area (Å²) in [5.74, 6) is 1.45. The van der Waals surface area contributed by atoms with Gasteiger partial charge in [-0.3, -0.25) is 4.57 Å². The van der Waals surface area contributed by atoms with Crippen LogP contribution < -0.4 is 4.74 Å². The fraction of sp³-hybridized carbons (Fsp3) is 0.176. The molecule has 0 bridgehead atoms. The van der Waals surface area contributed by atoms with Gasteiger partial charge in [-0.25, -0.2) is 0 Å². The van der Waals surface area contributed by atoms with Crippen LogP contribution in [0.25, 0.3) is 11.6 Å². The van der Waals surface area contributed by atoms with Gasteiger partial charge in [-0.2, -0.15) is 0 Å². The van der Waals surface area contributed by atoms with Crippen molar-refractivity contribution in [3.05, 3.63) is 60.9 Å². The standard InChI is InChI=1S/C17H14F3N3O2S/c1-2-9-23-15(14-4-3-10-24-14)21-22-16(23)26-11-12-5-7-13(8-6-12)25-17(18,19)20/h2-8,10H,1,9,11H2. The molecular formula is C17H14F3N3O2S. The maximum absolute atomic E-state index is 12.2. The molecule has 2 heterocycles. The number of thioether (sulfide) groups is 1. The Hall–Kier alpha value is -2.68. The van der Waals surface area contributed by atoms with Crippen molar-refractivity contribution in [3.63, 3.8) is 0 Å². The molecule has 0 saturated heterocycles. The predicted octanol–water partition coefficient (Wildman–Crippen LogP) is 4.92. The van der Waals surface area contributed by atoms with E-state index in [1.165, 1.54) is 23.9 Å². The zero-order chi connectivity index (χ0) is 18.6. The molecule has 0 N–H and O–H groups in total. The molecule has 3 rings (SSSR count). The van der Waals surface area contributed by atoms with E-state index in [0.29, 0.717) is 29.0 Å². The molecule has 0 unspecified atom stereocenters. The first-order chi connectivity index (χ1) is 12.5. The van der Waals surface area contributed by atoms with E-state index >= 15 is 0 Å². The molecule has 0 amide bonds. The molecule has 0 atom stereocenters. The molecule has 0 saturated carbocycles. The molecule has 0 aliphatic heterocycles. The SMILES string of the molecule is C=CCn1c(SCc2ccc(OC(F)(F)F)cc2)nnc1-c1ccco1. The van der Waals surface area contributed by atoms with Gasteiger partial charge >= 0.3 is 6.36 Å². The lowest BCUT2D eigenvalue weighted by Gasteiger charge is -2.09. The summed E-state index contributed by atoms with van der Waals surface area (Å²) in [6.07, 6.45) is -1.41. The minimum Gasteiger partial charge on any atom is -0.461 e. The first-order valence-electron chi connectivity index (χ1n) is 7.52. The van der Waals surface area contributed by atoms with Crippen molar-refractivity contribution in [2.24, 2.45) is 0 Å². The van der Waals surface area contributed by atoms with Crippen molar-refractivity contribution in [2.45, 2.75) is 23.8 Å². The predicted molar refractivity (Wildman–Crippen MR) is 90.6 cm³/mol. The lowest BCUT2D eigenvalue weighted by atomic mass is 10.2. The Kier molecular flexibility index (Phi) is 5.36. The minimum atomic E-state index is -4.69. The van der Waals surface area contributed by atoms with Gasteiger partial charge in [0.15, 0.2) is 10.9 Å². The van der Waals surface area contributed by atoms with Crippen LogP contribution in [-0.4, -0.2) is 21.1 Å². The Balaban J connectivity index is 1.70. The van der Waals surface area contributed by atoms with Gasteiger partial charge in [-0.1, -0.05) is 30.0 Å². The lowest BCUT2D eigenvalue weighted by molar-refractivity contribution is -0.274. The van der Waals surface area contributed by atoms with E-state index in [1.54, 1.807) is 36.6 Å². The van der Waals surface area contributed by atoms with Crippen molar-refractivity contribution in [1.82, 2.24) is 14.8 Å². The Morgan fingerprint density at radius 2 is 1.96 bits per heavy atom. The van der Waals surface area contributed by atoms with Crippen molar-refractivity contribution in [2.75, 3.05) is 0 Å². The molecule has 0 spiro atoms. The molecule has 5 nitrogen and oxygen atoms in total. The van der Waals surface area contributed by atoms with Gasteiger partial charge in [0.1, 0.15) is 5.75 Å². The summed E-state index contributed by atoms with van der Waals surface area (Å²) in [6, 6.07) is 9.28. The zero-order valence-electron chi connectivity index (χ0n) is 13.4. The number of ether oxygens (including phenoxy) is 1. The summed E-state index contributed by atoms with van der Waals surface area (Å²) < 4.78 is 47.6. The topological polar surface area (TPSA) is 53.1 Å². The molecule has 0 aliphatic rings. The molecule has 3 aromatic rings. The maximum Gasteiger partial charge on any atom is 0.573 e. The summed E-state index contributed by atoms with van der Waals surface area (Å²) in [5.41, 5.74) is 0.831. The second-order valence-electron chi connectivity index (χ2n) is 5.16. The Bertz CT molecular complexity index is 859. The highest BCUT2D eigenvalue weighted by molar-refractivity contribution is 7.98. The van der Waals surface area contributed by atoms with Crippen LogP contribution in [0, 0.1) is 0 Å². The molecule has 0 aliphatic carbocycles. The Labute approximate surface area is 151 Å². The second-order valence-corrected chi connectivity index (χ2v) is 6.11. The first kappa shape index (κ1) is 18.1. The van der Waals surface area contributed by atoms with Gasteiger partial charge in [0, 0.05) is 12.3 Å². The maximum atomic E-state index is 12.2. The van der Waals surface area contributed by atoms with Gasteiger partial charge in [-0.05, 0) is 29.8 Å². The number of alkyl halides is 3. The van der Waals surface area contributed by atoms with E-state index in [-0.39, 0.29) is 5.75 Å².